The van der Waals surface area contributed by atoms with Crippen LogP contribution in [0.4, 0.5) is 0 Å². The number of benzene rings is 1. The Bertz CT molecular complexity index is 851. The number of carbonyl (C=O) groups excluding carboxylic acids is 3. The maximum Gasteiger partial charge on any atom is 0.246 e. The van der Waals surface area contributed by atoms with E-state index in [0.717, 1.165) is 45.1 Å². The summed E-state index contributed by atoms with van der Waals surface area (Å²) in [7, 11) is 1.78. The van der Waals surface area contributed by atoms with Crippen molar-refractivity contribution in [3.63, 3.8) is 0 Å². The fourth-order valence-electron chi connectivity index (χ4n) is 6.10. The molecule has 3 aliphatic rings. The predicted molar refractivity (Wildman–Crippen MR) is 132 cm³/mol. The number of amides is 3. The fraction of sp³-hybridized carbons (Fsp3) is 0.667. The molecule has 3 fully saturated rings. The van der Waals surface area contributed by atoms with Gasteiger partial charge in [0.15, 0.2) is 0 Å². The number of fused-ring (bicyclic) bond motifs is 1. The molecule has 0 aromatic heterocycles. The monoisotopic (exact) mass is 468 g/mol. The van der Waals surface area contributed by atoms with Gasteiger partial charge in [-0.15, -0.1) is 0 Å². The number of likely N-dealkylation sites (N-methyl/N-ethyl adjacent to an activating group) is 1. The third-order valence-electron chi connectivity index (χ3n) is 8.10. The average Bonchev–Trinajstić information content (AvgIpc) is 3.42. The Balaban J connectivity index is 1.45. The summed E-state index contributed by atoms with van der Waals surface area (Å²) in [5.74, 6) is 0.228. The first-order chi connectivity index (χ1) is 16.5. The van der Waals surface area contributed by atoms with E-state index in [-0.39, 0.29) is 41.6 Å². The number of nitrogens with one attached hydrogen (secondary N) is 2. The Kier molecular flexibility index (Phi) is 8.24. The lowest BCUT2D eigenvalue weighted by molar-refractivity contribution is -0.144. The molecule has 1 saturated carbocycles. The molecule has 0 bridgehead atoms. The van der Waals surface area contributed by atoms with Crippen molar-refractivity contribution in [3.05, 3.63) is 35.9 Å². The van der Waals surface area contributed by atoms with Crippen molar-refractivity contribution in [3.8, 4) is 0 Å². The molecule has 1 aromatic carbocycles. The van der Waals surface area contributed by atoms with Crippen molar-refractivity contribution < 1.29 is 14.4 Å². The van der Waals surface area contributed by atoms with E-state index in [4.69, 9.17) is 0 Å². The highest BCUT2D eigenvalue weighted by Crippen LogP contribution is 2.35. The highest BCUT2D eigenvalue weighted by atomic mass is 16.2. The third-order valence-corrected chi connectivity index (χ3v) is 8.10. The molecule has 0 spiro atoms. The van der Waals surface area contributed by atoms with Gasteiger partial charge in [0.05, 0.1) is 6.04 Å². The zero-order valence-corrected chi connectivity index (χ0v) is 20.7. The SMILES string of the molecule is CC[C@H](NC)C(=O)N[C@@H](C(=O)N1CC[C@H]2CN(CCc3ccccc3)C(=O)[C@H]21)C1CCCCC1. The summed E-state index contributed by atoms with van der Waals surface area (Å²) in [6, 6.07) is 8.98. The molecule has 0 unspecified atom stereocenters. The van der Waals surface area contributed by atoms with E-state index >= 15 is 0 Å². The molecule has 2 N–H and O–H groups in total. The molecule has 7 heteroatoms. The minimum Gasteiger partial charge on any atom is -0.343 e. The smallest absolute Gasteiger partial charge is 0.246 e. The maximum atomic E-state index is 13.9. The van der Waals surface area contributed by atoms with Gasteiger partial charge in [0, 0.05) is 25.6 Å². The second-order valence-corrected chi connectivity index (χ2v) is 10.2. The average molecular weight is 469 g/mol. The molecule has 2 saturated heterocycles. The van der Waals surface area contributed by atoms with E-state index in [2.05, 4.69) is 22.8 Å². The summed E-state index contributed by atoms with van der Waals surface area (Å²) in [5, 5.41) is 6.15. The van der Waals surface area contributed by atoms with Crippen LogP contribution in [0.1, 0.15) is 57.4 Å². The molecule has 1 aliphatic carbocycles. The molecular formula is C27H40N4O3. The van der Waals surface area contributed by atoms with Crippen molar-refractivity contribution >= 4 is 17.7 Å². The Morgan fingerprint density at radius 3 is 2.50 bits per heavy atom. The molecule has 186 valence electrons. The standard InChI is InChI=1S/C27H40N4O3/c1-3-22(28-2)25(32)29-23(20-12-8-5-9-13-20)26(33)31-17-15-21-18-30(27(34)24(21)31)16-14-19-10-6-4-7-11-19/h4,6-7,10-11,20-24,28H,3,5,8-9,12-18H2,1-2H3,(H,29,32)/t21-,22-,23+,24-/m0/s1. The van der Waals surface area contributed by atoms with Crippen LogP contribution >= 0.6 is 0 Å². The first-order valence-corrected chi connectivity index (χ1v) is 13.1. The van der Waals surface area contributed by atoms with Crippen molar-refractivity contribution in [1.29, 1.82) is 0 Å². The van der Waals surface area contributed by atoms with Crippen LogP contribution in [-0.4, -0.2) is 72.3 Å². The van der Waals surface area contributed by atoms with Crippen LogP contribution in [0.2, 0.25) is 0 Å². The molecule has 4 atom stereocenters. The molecule has 4 rings (SSSR count). The van der Waals surface area contributed by atoms with Gasteiger partial charge >= 0.3 is 0 Å². The molecule has 34 heavy (non-hydrogen) atoms. The molecule has 7 nitrogen and oxygen atoms in total. The minimum atomic E-state index is -0.542. The van der Waals surface area contributed by atoms with Gasteiger partial charge in [0.25, 0.3) is 0 Å². The van der Waals surface area contributed by atoms with Crippen LogP contribution in [0.25, 0.3) is 0 Å². The lowest BCUT2D eigenvalue weighted by Gasteiger charge is -2.35. The zero-order chi connectivity index (χ0) is 24.1. The van der Waals surface area contributed by atoms with E-state index in [1.165, 1.54) is 12.0 Å². The number of hydrogen-bond acceptors (Lipinski definition) is 4. The Hall–Kier alpha value is -2.41. The second kappa shape index (κ2) is 11.3. The lowest BCUT2D eigenvalue weighted by atomic mass is 9.83. The fourth-order valence-corrected chi connectivity index (χ4v) is 6.10. The summed E-state index contributed by atoms with van der Waals surface area (Å²) < 4.78 is 0. The highest BCUT2D eigenvalue weighted by Gasteiger charge is 2.51. The molecule has 1 aromatic rings. The van der Waals surface area contributed by atoms with Gasteiger partial charge in [-0.25, -0.2) is 0 Å². The van der Waals surface area contributed by atoms with E-state index in [9.17, 15) is 14.4 Å². The van der Waals surface area contributed by atoms with Crippen LogP contribution in [0.5, 0.6) is 0 Å². The first-order valence-electron chi connectivity index (χ1n) is 13.1. The normalized spacial score (nSPS) is 24.7. The summed E-state index contributed by atoms with van der Waals surface area (Å²) in [6.45, 7) is 3.97. The highest BCUT2D eigenvalue weighted by molar-refractivity contribution is 5.94. The Labute approximate surface area is 203 Å². The van der Waals surface area contributed by atoms with Crippen molar-refractivity contribution in [2.45, 2.75) is 76.4 Å². The Morgan fingerprint density at radius 1 is 1.09 bits per heavy atom. The molecule has 0 radical (unpaired) electrons. The summed E-state index contributed by atoms with van der Waals surface area (Å²) in [6.07, 6.45) is 7.60. The third kappa shape index (κ3) is 5.29. The molecule has 2 heterocycles. The molecule has 2 aliphatic heterocycles. The predicted octanol–water partition coefficient (Wildman–Crippen LogP) is 2.35. The van der Waals surface area contributed by atoms with Gasteiger partial charge in [0.2, 0.25) is 17.7 Å². The number of rotatable bonds is 9. The lowest BCUT2D eigenvalue weighted by Crippen LogP contribution is -2.58. The van der Waals surface area contributed by atoms with Crippen LogP contribution in [-0.2, 0) is 20.8 Å². The van der Waals surface area contributed by atoms with Crippen molar-refractivity contribution in [2.24, 2.45) is 11.8 Å². The second-order valence-electron chi connectivity index (χ2n) is 10.2. The van der Waals surface area contributed by atoms with Crippen molar-refractivity contribution in [2.75, 3.05) is 26.7 Å². The Morgan fingerprint density at radius 2 is 1.82 bits per heavy atom. The van der Waals surface area contributed by atoms with E-state index in [1.54, 1.807) is 11.9 Å². The topological polar surface area (TPSA) is 81.8 Å². The van der Waals surface area contributed by atoms with Gasteiger partial charge in [-0.3, -0.25) is 14.4 Å². The first kappa shape index (κ1) is 24.7. The summed E-state index contributed by atoms with van der Waals surface area (Å²) in [5.41, 5.74) is 1.22. The van der Waals surface area contributed by atoms with Gasteiger partial charge < -0.3 is 20.4 Å². The van der Waals surface area contributed by atoms with Crippen LogP contribution in [0, 0.1) is 11.8 Å². The van der Waals surface area contributed by atoms with Gasteiger partial charge in [-0.2, -0.15) is 0 Å². The number of carbonyl (C=O) groups is 3. The van der Waals surface area contributed by atoms with E-state index < -0.39 is 6.04 Å². The van der Waals surface area contributed by atoms with Gasteiger partial charge in [-0.1, -0.05) is 56.5 Å². The zero-order valence-electron chi connectivity index (χ0n) is 20.7. The van der Waals surface area contributed by atoms with E-state index in [1.807, 2.05) is 30.0 Å². The molecule has 3 amide bonds. The number of hydrogen-bond donors (Lipinski definition) is 2. The van der Waals surface area contributed by atoms with Crippen LogP contribution in [0.3, 0.4) is 0 Å². The minimum absolute atomic E-state index is 0.0584. The van der Waals surface area contributed by atoms with Crippen LogP contribution in [0.15, 0.2) is 30.3 Å². The van der Waals surface area contributed by atoms with E-state index in [0.29, 0.717) is 19.5 Å². The van der Waals surface area contributed by atoms with Crippen molar-refractivity contribution in [1.82, 2.24) is 20.4 Å². The number of nitrogens with zero attached hydrogens (tertiary/aromatic N) is 2. The summed E-state index contributed by atoms with van der Waals surface area (Å²) in [4.78, 5) is 43.9. The maximum absolute atomic E-state index is 13.9. The largest absolute Gasteiger partial charge is 0.343 e. The van der Waals surface area contributed by atoms with Gasteiger partial charge in [0.1, 0.15) is 12.1 Å². The molecular weight excluding hydrogens is 428 g/mol. The van der Waals surface area contributed by atoms with Crippen LogP contribution < -0.4 is 10.6 Å². The summed E-state index contributed by atoms with van der Waals surface area (Å²) >= 11 is 0. The van der Waals surface area contributed by atoms with Gasteiger partial charge in [-0.05, 0) is 50.6 Å². The number of likely N-dealkylation sites (tertiary alicyclic amines) is 2. The quantitative estimate of drug-likeness (QED) is 0.583.